The lowest BCUT2D eigenvalue weighted by atomic mass is 10.7. The average molecular weight is 305 g/mol. The van der Waals surface area contributed by atoms with Gasteiger partial charge in [0, 0.05) is 6.92 Å². The zero-order valence-corrected chi connectivity index (χ0v) is 9.07. The van der Waals surface area contributed by atoms with Crippen molar-refractivity contribution in [2.24, 2.45) is 0 Å². The van der Waals surface area contributed by atoms with Crippen LogP contribution in [0.25, 0.3) is 0 Å². The van der Waals surface area contributed by atoms with E-state index in [-0.39, 0.29) is 0 Å². The van der Waals surface area contributed by atoms with Gasteiger partial charge < -0.3 is 5.11 Å². The van der Waals surface area contributed by atoms with Crippen LogP contribution in [0.5, 0.6) is 0 Å². The number of nitrogens with one attached hydrogen (secondary N) is 1. The van der Waals surface area contributed by atoms with Crippen molar-refractivity contribution in [3.05, 3.63) is 0 Å². The molecule has 0 aromatic rings. The molecule has 6 nitrogen and oxygen atoms in total. The molecular weight excluding hydrogens is 300 g/mol. The number of carbonyl (C=O) groups excluding carboxylic acids is 1. The fraction of sp³-hybridized carbons (Fsp3) is 0.600. The molecule has 0 aliphatic heterocycles. The van der Waals surface area contributed by atoms with Crippen molar-refractivity contribution in [2.45, 2.75) is 18.6 Å². The first-order valence-electron chi connectivity index (χ1n) is 3.51. The fourth-order valence-electron chi connectivity index (χ4n) is 0.247. The van der Waals surface area contributed by atoms with Crippen LogP contribution in [0.1, 0.15) is 6.92 Å². The molecule has 0 aliphatic rings. The van der Waals surface area contributed by atoms with E-state index in [4.69, 9.17) is 9.90 Å². The predicted molar refractivity (Wildman–Crippen MR) is 42.5 cm³/mol. The van der Waals surface area contributed by atoms with Gasteiger partial charge in [0.15, 0.2) is 0 Å². The molecule has 0 unspecified atom stereocenters. The molecule has 0 saturated carbocycles. The van der Waals surface area contributed by atoms with E-state index < -0.39 is 33.6 Å². The second kappa shape index (κ2) is 5.88. The van der Waals surface area contributed by atoms with E-state index >= 15 is 0 Å². The molecule has 1 amide bonds. The van der Waals surface area contributed by atoms with E-state index in [1.165, 1.54) is 0 Å². The van der Waals surface area contributed by atoms with Gasteiger partial charge in [0.25, 0.3) is 0 Å². The van der Waals surface area contributed by atoms with Crippen molar-refractivity contribution in [1.29, 1.82) is 0 Å². The molecule has 0 fully saturated rings. The Bertz CT molecular complexity index is 409. The third-order valence-corrected chi connectivity index (χ3v) is 1.99. The van der Waals surface area contributed by atoms with Crippen molar-refractivity contribution in [3.8, 4) is 0 Å². The van der Waals surface area contributed by atoms with Gasteiger partial charge in [-0.1, -0.05) is 0 Å². The molecule has 0 rings (SSSR count). The third kappa shape index (κ3) is 7.70. The molecule has 0 aromatic carbocycles. The van der Waals surface area contributed by atoms with Crippen LogP contribution in [0.2, 0.25) is 0 Å². The molecule has 13 heteroatoms. The van der Waals surface area contributed by atoms with Gasteiger partial charge in [0.05, 0.1) is 0 Å². The highest BCUT2D eigenvalue weighted by Gasteiger charge is 2.46. The molecule has 0 saturated heterocycles. The molecule has 0 heterocycles. The van der Waals surface area contributed by atoms with Gasteiger partial charge >= 0.3 is 27.7 Å². The SMILES string of the molecule is CC(=O)NS(=O)(=O)C(F)(F)F.O=C(O)C(F)(F)F. The first-order valence-corrected chi connectivity index (χ1v) is 4.99. The molecule has 0 bridgehead atoms. The molecule has 18 heavy (non-hydrogen) atoms. The summed E-state index contributed by atoms with van der Waals surface area (Å²) in [6.07, 6.45) is -5.08. The maximum Gasteiger partial charge on any atom is 0.516 e. The molecule has 0 aliphatic carbocycles. The number of hydrogen-bond acceptors (Lipinski definition) is 4. The summed E-state index contributed by atoms with van der Waals surface area (Å²) >= 11 is 0. The summed E-state index contributed by atoms with van der Waals surface area (Å²) in [5.74, 6) is -4.03. The van der Waals surface area contributed by atoms with Crippen LogP contribution < -0.4 is 4.72 Å². The average Bonchev–Trinajstić information content (AvgIpc) is 1.97. The third-order valence-electron chi connectivity index (χ3n) is 0.825. The highest BCUT2D eigenvalue weighted by Crippen LogP contribution is 2.21. The lowest BCUT2D eigenvalue weighted by molar-refractivity contribution is -0.192. The summed E-state index contributed by atoms with van der Waals surface area (Å²) in [6.45, 7) is 0.670. The first-order chi connectivity index (χ1) is 7.61. The second-order valence-corrected chi connectivity index (χ2v) is 4.08. The second-order valence-electron chi connectivity index (χ2n) is 2.41. The molecule has 0 aromatic heterocycles. The van der Waals surface area contributed by atoms with Gasteiger partial charge in [-0.2, -0.15) is 34.8 Å². The Morgan fingerprint density at radius 1 is 1.06 bits per heavy atom. The summed E-state index contributed by atoms with van der Waals surface area (Å²) in [7, 11) is -5.50. The Morgan fingerprint density at radius 2 is 1.33 bits per heavy atom. The number of sulfonamides is 1. The number of carboxylic acids is 1. The van der Waals surface area contributed by atoms with Crippen LogP contribution in [-0.2, 0) is 19.6 Å². The minimum Gasteiger partial charge on any atom is -0.475 e. The van der Waals surface area contributed by atoms with Crippen molar-refractivity contribution in [3.63, 3.8) is 0 Å². The number of hydrogen-bond donors (Lipinski definition) is 2. The van der Waals surface area contributed by atoms with Crippen LogP contribution in [0.3, 0.4) is 0 Å². The molecule has 0 atom stereocenters. The van der Waals surface area contributed by atoms with Gasteiger partial charge in [-0.3, -0.25) is 4.79 Å². The van der Waals surface area contributed by atoms with E-state index in [0.29, 0.717) is 6.92 Å². The van der Waals surface area contributed by atoms with Crippen molar-refractivity contribution in [1.82, 2.24) is 4.72 Å². The highest BCUT2D eigenvalue weighted by atomic mass is 32.2. The van der Waals surface area contributed by atoms with E-state index in [0.717, 1.165) is 4.72 Å². The summed E-state index contributed by atoms with van der Waals surface area (Å²) in [4.78, 5) is 18.8. The number of carboxylic acid groups (broad SMARTS) is 1. The number of rotatable bonds is 1. The standard InChI is InChI=1S/C3H4F3NO3S.C2HF3O2/c1-2(8)7-11(9,10)3(4,5)6;3-2(4,5)1(6)7/h1H3,(H,7,8);(H,6,7). The maximum atomic E-state index is 11.4. The predicted octanol–water partition coefficient (Wildman–Crippen LogP) is 0.605. The monoisotopic (exact) mass is 305 g/mol. The summed E-state index contributed by atoms with van der Waals surface area (Å²) in [5, 5.41) is 7.12. The van der Waals surface area contributed by atoms with Crippen LogP contribution in [0.15, 0.2) is 0 Å². The molecule has 0 radical (unpaired) electrons. The maximum absolute atomic E-state index is 11.4. The summed E-state index contributed by atoms with van der Waals surface area (Å²) in [6, 6.07) is 0. The van der Waals surface area contributed by atoms with Crippen molar-refractivity contribution < 1.29 is 49.5 Å². The highest BCUT2D eigenvalue weighted by molar-refractivity contribution is 7.90. The number of amides is 1. The number of aliphatic carboxylic acids is 1. The van der Waals surface area contributed by atoms with Gasteiger partial charge in [0.2, 0.25) is 5.91 Å². The van der Waals surface area contributed by atoms with Crippen LogP contribution in [0.4, 0.5) is 26.3 Å². The minimum atomic E-state index is -5.50. The Balaban J connectivity index is 0. The lowest BCUT2D eigenvalue weighted by Gasteiger charge is -2.06. The topological polar surface area (TPSA) is 101 Å². The Hall–Kier alpha value is -1.53. The van der Waals surface area contributed by atoms with E-state index in [9.17, 15) is 39.6 Å². The lowest BCUT2D eigenvalue weighted by Crippen LogP contribution is -2.38. The summed E-state index contributed by atoms with van der Waals surface area (Å²) in [5.41, 5.74) is -5.43. The molecular formula is C5H5F6NO5S. The van der Waals surface area contributed by atoms with Crippen molar-refractivity contribution >= 4 is 21.9 Å². The van der Waals surface area contributed by atoms with Gasteiger partial charge in [0.1, 0.15) is 0 Å². The quantitative estimate of drug-likeness (QED) is 0.691. The van der Waals surface area contributed by atoms with Crippen LogP contribution in [-0.4, -0.2) is 37.1 Å². The Kier molecular flexibility index (Phi) is 6.15. The summed E-state index contributed by atoms with van der Waals surface area (Å²) < 4.78 is 86.7. The first kappa shape index (κ1) is 18.8. The normalized spacial score (nSPS) is 12.2. The largest absolute Gasteiger partial charge is 0.516 e. The number of carbonyl (C=O) groups is 2. The fourth-order valence-corrected chi connectivity index (χ4v) is 0.741. The Morgan fingerprint density at radius 3 is 1.39 bits per heavy atom. The van der Waals surface area contributed by atoms with E-state index in [1.807, 2.05) is 0 Å². The zero-order chi connectivity index (χ0) is 15.4. The molecule has 2 N–H and O–H groups in total. The molecule has 108 valence electrons. The van der Waals surface area contributed by atoms with Crippen LogP contribution in [0, 0.1) is 0 Å². The van der Waals surface area contributed by atoms with E-state index in [1.54, 1.807) is 0 Å². The Labute approximate surface area is 95.6 Å². The number of alkyl halides is 6. The van der Waals surface area contributed by atoms with Crippen LogP contribution >= 0.6 is 0 Å². The van der Waals surface area contributed by atoms with Gasteiger partial charge in [-0.15, -0.1) is 0 Å². The van der Waals surface area contributed by atoms with Gasteiger partial charge in [-0.25, -0.2) is 9.52 Å². The molecule has 0 spiro atoms. The smallest absolute Gasteiger partial charge is 0.475 e. The zero-order valence-electron chi connectivity index (χ0n) is 8.26. The van der Waals surface area contributed by atoms with Crippen molar-refractivity contribution in [2.75, 3.05) is 0 Å². The van der Waals surface area contributed by atoms with E-state index in [2.05, 4.69) is 0 Å². The number of halogens is 6. The minimum absolute atomic E-state index is 0.670. The van der Waals surface area contributed by atoms with Gasteiger partial charge in [-0.05, 0) is 0 Å².